The molecule has 2 aromatic rings. The van der Waals surface area contributed by atoms with Crippen LogP contribution in [0.2, 0.25) is 0 Å². The van der Waals surface area contributed by atoms with Crippen LogP contribution in [0.5, 0.6) is 5.75 Å². The SMILES string of the molecule is CCOc1cccc(NCc2ccc(C)cc2C)c1. The van der Waals surface area contributed by atoms with Crippen molar-refractivity contribution in [2.75, 3.05) is 11.9 Å². The van der Waals surface area contributed by atoms with Crippen LogP contribution >= 0.6 is 0 Å². The molecule has 2 rings (SSSR count). The summed E-state index contributed by atoms with van der Waals surface area (Å²) in [4.78, 5) is 0. The normalized spacial score (nSPS) is 10.3. The van der Waals surface area contributed by atoms with E-state index >= 15 is 0 Å². The van der Waals surface area contributed by atoms with Gasteiger partial charge >= 0.3 is 0 Å². The predicted octanol–water partition coefficient (Wildman–Crippen LogP) is 4.31. The van der Waals surface area contributed by atoms with Gasteiger partial charge in [0.15, 0.2) is 0 Å². The maximum absolute atomic E-state index is 5.50. The number of aryl methyl sites for hydroxylation is 2. The number of nitrogens with one attached hydrogen (secondary N) is 1. The molecule has 0 heterocycles. The van der Waals surface area contributed by atoms with Crippen molar-refractivity contribution in [1.29, 1.82) is 0 Å². The first-order valence-electron chi connectivity index (χ1n) is 6.72. The van der Waals surface area contributed by atoms with Crippen molar-refractivity contribution < 1.29 is 4.74 Å². The number of hydrogen-bond donors (Lipinski definition) is 1. The molecule has 0 aliphatic carbocycles. The summed E-state index contributed by atoms with van der Waals surface area (Å²) in [5.41, 5.74) is 5.05. The second kappa shape index (κ2) is 6.28. The topological polar surface area (TPSA) is 21.3 Å². The van der Waals surface area contributed by atoms with Crippen molar-refractivity contribution in [2.24, 2.45) is 0 Å². The van der Waals surface area contributed by atoms with E-state index < -0.39 is 0 Å². The van der Waals surface area contributed by atoms with Gasteiger partial charge in [-0.15, -0.1) is 0 Å². The molecule has 0 aliphatic heterocycles. The largest absolute Gasteiger partial charge is 0.494 e. The van der Waals surface area contributed by atoms with E-state index in [2.05, 4.69) is 43.4 Å². The van der Waals surface area contributed by atoms with Gasteiger partial charge in [-0.1, -0.05) is 29.8 Å². The van der Waals surface area contributed by atoms with Crippen LogP contribution in [-0.4, -0.2) is 6.61 Å². The fraction of sp³-hybridized carbons (Fsp3) is 0.294. The Hall–Kier alpha value is -1.96. The zero-order valence-corrected chi connectivity index (χ0v) is 11.9. The Bertz CT molecular complexity index is 549. The zero-order chi connectivity index (χ0) is 13.7. The summed E-state index contributed by atoms with van der Waals surface area (Å²) in [5.74, 6) is 0.910. The van der Waals surface area contributed by atoms with Crippen molar-refractivity contribution in [3.8, 4) is 5.75 Å². The highest BCUT2D eigenvalue weighted by molar-refractivity contribution is 5.49. The quantitative estimate of drug-likeness (QED) is 0.859. The third-order valence-corrected chi connectivity index (χ3v) is 3.13. The second-order valence-corrected chi connectivity index (χ2v) is 4.74. The molecule has 0 unspecified atom stereocenters. The van der Waals surface area contributed by atoms with Gasteiger partial charge in [0.05, 0.1) is 6.61 Å². The molecule has 2 heteroatoms. The van der Waals surface area contributed by atoms with Gasteiger partial charge < -0.3 is 10.1 Å². The number of anilines is 1. The molecular formula is C17H21NO. The molecule has 19 heavy (non-hydrogen) atoms. The lowest BCUT2D eigenvalue weighted by atomic mass is 10.1. The standard InChI is InChI=1S/C17H21NO/c1-4-19-17-7-5-6-16(11-17)18-12-15-9-8-13(2)10-14(15)3/h5-11,18H,4,12H2,1-3H3. The van der Waals surface area contributed by atoms with Crippen LogP contribution < -0.4 is 10.1 Å². The lowest BCUT2D eigenvalue weighted by Crippen LogP contribution is -2.02. The molecule has 0 spiro atoms. The molecule has 2 nitrogen and oxygen atoms in total. The highest BCUT2D eigenvalue weighted by Gasteiger charge is 2.00. The Labute approximate surface area is 115 Å². The number of hydrogen-bond acceptors (Lipinski definition) is 2. The van der Waals surface area contributed by atoms with E-state index in [0.29, 0.717) is 6.61 Å². The monoisotopic (exact) mass is 255 g/mol. The molecule has 0 fully saturated rings. The first-order valence-corrected chi connectivity index (χ1v) is 6.72. The van der Waals surface area contributed by atoms with E-state index in [0.717, 1.165) is 18.0 Å². The van der Waals surface area contributed by atoms with Crippen LogP contribution in [0, 0.1) is 13.8 Å². The maximum Gasteiger partial charge on any atom is 0.121 e. The molecule has 100 valence electrons. The third kappa shape index (κ3) is 3.75. The lowest BCUT2D eigenvalue weighted by molar-refractivity contribution is 0.340. The minimum Gasteiger partial charge on any atom is -0.494 e. The van der Waals surface area contributed by atoms with Gasteiger partial charge in [0.1, 0.15) is 5.75 Å². The van der Waals surface area contributed by atoms with Crippen LogP contribution in [0.1, 0.15) is 23.6 Å². The zero-order valence-electron chi connectivity index (χ0n) is 11.9. The Morgan fingerprint density at radius 1 is 1.05 bits per heavy atom. The second-order valence-electron chi connectivity index (χ2n) is 4.74. The molecule has 2 aromatic carbocycles. The van der Waals surface area contributed by atoms with Crippen molar-refractivity contribution in [3.63, 3.8) is 0 Å². The van der Waals surface area contributed by atoms with Crippen LogP contribution in [0.3, 0.4) is 0 Å². The molecule has 0 bridgehead atoms. The number of benzene rings is 2. The fourth-order valence-electron chi connectivity index (χ4n) is 2.10. The molecule has 0 radical (unpaired) electrons. The third-order valence-electron chi connectivity index (χ3n) is 3.13. The van der Waals surface area contributed by atoms with Crippen LogP contribution in [-0.2, 0) is 6.54 Å². The molecule has 0 atom stereocenters. The summed E-state index contributed by atoms with van der Waals surface area (Å²) in [5, 5.41) is 3.44. The van der Waals surface area contributed by atoms with E-state index in [9.17, 15) is 0 Å². The summed E-state index contributed by atoms with van der Waals surface area (Å²) in [7, 11) is 0. The van der Waals surface area contributed by atoms with Crippen molar-refractivity contribution >= 4 is 5.69 Å². The van der Waals surface area contributed by atoms with Gasteiger partial charge in [-0.3, -0.25) is 0 Å². The summed E-state index contributed by atoms with van der Waals surface area (Å²) in [6.07, 6.45) is 0. The van der Waals surface area contributed by atoms with Gasteiger partial charge in [0.2, 0.25) is 0 Å². The first kappa shape index (κ1) is 13.5. The summed E-state index contributed by atoms with van der Waals surface area (Å²) in [6.45, 7) is 7.80. The van der Waals surface area contributed by atoms with Gasteiger partial charge in [-0.25, -0.2) is 0 Å². The molecule has 0 saturated heterocycles. The fourth-order valence-corrected chi connectivity index (χ4v) is 2.10. The van der Waals surface area contributed by atoms with Crippen molar-refractivity contribution in [3.05, 3.63) is 59.2 Å². The molecule has 0 aromatic heterocycles. The smallest absolute Gasteiger partial charge is 0.121 e. The predicted molar refractivity (Wildman–Crippen MR) is 80.9 cm³/mol. The van der Waals surface area contributed by atoms with E-state index in [1.54, 1.807) is 0 Å². The summed E-state index contributed by atoms with van der Waals surface area (Å²) < 4.78 is 5.50. The van der Waals surface area contributed by atoms with Crippen LogP contribution in [0.25, 0.3) is 0 Å². The number of ether oxygens (including phenoxy) is 1. The summed E-state index contributed by atoms with van der Waals surface area (Å²) >= 11 is 0. The Balaban J connectivity index is 2.03. The minimum atomic E-state index is 0.695. The minimum absolute atomic E-state index is 0.695. The Morgan fingerprint density at radius 3 is 2.63 bits per heavy atom. The van der Waals surface area contributed by atoms with E-state index in [1.807, 2.05) is 25.1 Å². The summed E-state index contributed by atoms with van der Waals surface area (Å²) in [6, 6.07) is 14.6. The van der Waals surface area contributed by atoms with Gasteiger partial charge in [-0.05, 0) is 44.0 Å². The molecule has 0 saturated carbocycles. The van der Waals surface area contributed by atoms with Crippen molar-refractivity contribution in [1.82, 2.24) is 0 Å². The van der Waals surface area contributed by atoms with Gasteiger partial charge in [0, 0.05) is 18.3 Å². The van der Waals surface area contributed by atoms with E-state index in [1.165, 1.54) is 16.7 Å². The molecular weight excluding hydrogens is 234 g/mol. The van der Waals surface area contributed by atoms with Crippen LogP contribution in [0.4, 0.5) is 5.69 Å². The Morgan fingerprint density at radius 2 is 1.89 bits per heavy atom. The van der Waals surface area contributed by atoms with Crippen molar-refractivity contribution in [2.45, 2.75) is 27.3 Å². The lowest BCUT2D eigenvalue weighted by Gasteiger charge is -2.11. The highest BCUT2D eigenvalue weighted by Crippen LogP contribution is 2.19. The average molecular weight is 255 g/mol. The maximum atomic E-state index is 5.50. The van der Waals surface area contributed by atoms with Crippen LogP contribution in [0.15, 0.2) is 42.5 Å². The molecule has 0 amide bonds. The van der Waals surface area contributed by atoms with Gasteiger partial charge in [-0.2, -0.15) is 0 Å². The average Bonchev–Trinajstić information content (AvgIpc) is 2.38. The Kier molecular flexibility index (Phi) is 4.45. The number of rotatable bonds is 5. The first-order chi connectivity index (χ1) is 9.19. The van der Waals surface area contributed by atoms with E-state index in [-0.39, 0.29) is 0 Å². The molecule has 0 aliphatic rings. The van der Waals surface area contributed by atoms with Gasteiger partial charge in [0.25, 0.3) is 0 Å². The van der Waals surface area contributed by atoms with E-state index in [4.69, 9.17) is 4.74 Å². The molecule has 1 N–H and O–H groups in total. The highest BCUT2D eigenvalue weighted by atomic mass is 16.5.